The molecule has 2 N–H and O–H groups in total. The highest BCUT2D eigenvalue weighted by atomic mass is 16.5. The minimum atomic E-state index is 0.606. The maximum atomic E-state index is 5.50. The van der Waals surface area contributed by atoms with Gasteiger partial charge in [-0.2, -0.15) is 0 Å². The molecule has 0 atom stereocenters. The first-order chi connectivity index (χ1) is 7.72. The first-order valence-electron chi connectivity index (χ1n) is 5.42. The highest BCUT2D eigenvalue weighted by molar-refractivity contribution is 5.66. The SMILES string of the molecule is C=C(CCN)c1ccc(OC)c(OCC)c1. The molecule has 0 aliphatic heterocycles. The van der Waals surface area contributed by atoms with Gasteiger partial charge in [-0.15, -0.1) is 0 Å². The van der Waals surface area contributed by atoms with E-state index in [4.69, 9.17) is 15.2 Å². The fourth-order valence-corrected chi connectivity index (χ4v) is 1.48. The Kier molecular flexibility index (Phi) is 4.86. The molecule has 0 aromatic heterocycles. The molecule has 1 rings (SSSR count). The number of methoxy groups -OCH3 is 1. The highest BCUT2D eigenvalue weighted by Gasteiger charge is 2.06. The molecule has 0 aliphatic carbocycles. The second-order valence-corrected chi connectivity index (χ2v) is 3.44. The third-order valence-electron chi connectivity index (χ3n) is 2.32. The van der Waals surface area contributed by atoms with E-state index in [1.165, 1.54) is 0 Å². The normalized spacial score (nSPS) is 9.94. The molecule has 0 unspecified atom stereocenters. The van der Waals surface area contributed by atoms with Crippen LogP contribution in [-0.2, 0) is 0 Å². The van der Waals surface area contributed by atoms with Gasteiger partial charge in [-0.3, -0.25) is 0 Å². The Morgan fingerprint density at radius 1 is 1.38 bits per heavy atom. The summed E-state index contributed by atoms with van der Waals surface area (Å²) in [7, 11) is 1.63. The van der Waals surface area contributed by atoms with E-state index in [0.29, 0.717) is 13.2 Å². The zero-order valence-electron chi connectivity index (χ0n) is 9.95. The minimum Gasteiger partial charge on any atom is -0.493 e. The molecule has 3 nitrogen and oxygen atoms in total. The Bertz CT molecular complexity index is 361. The molecule has 1 aromatic rings. The third kappa shape index (κ3) is 3.00. The van der Waals surface area contributed by atoms with Crippen molar-refractivity contribution in [2.45, 2.75) is 13.3 Å². The minimum absolute atomic E-state index is 0.606. The van der Waals surface area contributed by atoms with Crippen LogP contribution in [0, 0.1) is 0 Å². The van der Waals surface area contributed by atoms with Crippen LogP contribution >= 0.6 is 0 Å². The summed E-state index contributed by atoms with van der Waals surface area (Å²) in [5.74, 6) is 1.49. The van der Waals surface area contributed by atoms with Crippen molar-refractivity contribution in [2.24, 2.45) is 5.73 Å². The van der Waals surface area contributed by atoms with E-state index in [2.05, 4.69) is 6.58 Å². The quantitative estimate of drug-likeness (QED) is 0.802. The Morgan fingerprint density at radius 3 is 2.69 bits per heavy atom. The van der Waals surface area contributed by atoms with E-state index < -0.39 is 0 Å². The van der Waals surface area contributed by atoms with Crippen molar-refractivity contribution in [1.29, 1.82) is 0 Å². The van der Waals surface area contributed by atoms with Crippen molar-refractivity contribution < 1.29 is 9.47 Å². The number of nitrogens with two attached hydrogens (primary N) is 1. The van der Waals surface area contributed by atoms with Crippen LogP contribution in [0.1, 0.15) is 18.9 Å². The van der Waals surface area contributed by atoms with Crippen LogP contribution in [-0.4, -0.2) is 20.3 Å². The van der Waals surface area contributed by atoms with Crippen molar-refractivity contribution >= 4 is 5.57 Å². The number of benzene rings is 1. The van der Waals surface area contributed by atoms with Gasteiger partial charge in [-0.1, -0.05) is 12.6 Å². The predicted octanol–water partition coefficient (Wildman–Crippen LogP) is 2.46. The molecule has 88 valence electrons. The lowest BCUT2D eigenvalue weighted by atomic mass is 10.0. The van der Waals surface area contributed by atoms with Crippen LogP contribution in [0.2, 0.25) is 0 Å². The summed E-state index contributed by atoms with van der Waals surface area (Å²) < 4.78 is 10.7. The molecule has 1 aromatic carbocycles. The Balaban J connectivity index is 2.96. The van der Waals surface area contributed by atoms with Crippen molar-refractivity contribution in [2.75, 3.05) is 20.3 Å². The van der Waals surface area contributed by atoms with Crippen molar-refractivity contribution in [3.05, 3.63) is 30.3 Å². The number of hydrogen-bond donors (Lipinski definition) is 1. The van der Waals surface area contributed by atoms with Crippen LogP contribution < -0.4 is 15.2 Å². The fraction of sp³-hybridized carbons (Fsp3) is 0.385. The molecule has 16 heavy (non-hydrogen) atoms. The lowest BCUT2D eigenvalue weighted by Crippen LogP contribution is -2.00. The molecule has 0 aliphatic rings. The van der Waals surface area contributed by atoms with Gasteiger partial charge in [0.15, 0.2) is 11.5 Å². The molecule has 0 bridgehead atoms. The van der Waals surface area contributed by atoms with E-state index in [0.717, 1.165) is 29.1 Å². The molecule has 0 fully saturated rings. The number of ether oxygens (including phenoxy) is 2. The van der Waals surface area contributed by atoms with Gasteiger partial charge >= 0.3 is 0 Å². The smallest absolute Gasteiger partial charge is 0.161 e. The molecule has 0 spiro atoms. The van der Waals surface area contributed by atoms with E-state index in [1.54, 1.807) is 7.11 Å². The van der Waals surface area contributed by atoms with Crippen molar-refractivity contribution in [3.63, 3.8) is 0 Å². The fourth-order valence-electron chi connectivity index (χ4n) is 1.48. The van der Waals surface area contributed by atoms with Crippen molar-refractivity contribution in [3.8, 4) is 11.5 Å². The van der Waals surface area contributed by atoms with Gasteiger partial charge in [0.25, 0.3) is 0 Å². The van der Waals surface area contributed by atoms with Gasteiger partial charge in [0.05, 0.1) is 13.7 Å². The molecule has 0 amide bonds. The second kappa shape index (κ2) is 6.18. The van der Waals surface area contributed by atoms with Gasteiger partial charge in [-0.05, 0) is 43.2 Å². The zero-order valence-corrected chi connectivity index (χ0v) is 9.95. The Hall–Kier alpha value is -1.48. The summed E-state index contributed by atoms with van der Waals surface area (Å²) in [6, 6.07) is 5.81. The van der Waals surface area contributed by atoms with Gasteiger partial charge in [0.2, 0.25) is 0 Å². The summed E-state index contributed by atoms with van der Waals surface area (Å²) in [6.07, 6.45) is 0.790. The molecular formula is C13H19NO2. The standard InChI is InChI=1S/C13H19NO2/c1-4-16-13-9-11(10(2)7-8-14)5-6-12(13)15-3/h5-6,9H,2,4,7-8,14H2,1,3H3. The van der Waals surface area contributed by atoms with Crippen molar-refractivity contribution in [1.82, 2.24) is 0 Å². The lowest BCUT2D eigenvalue weighted by Gasteiger charge is -2.12. The largest absolute Gasteiger partial charge is 0.493 e. The number of rotatable bonds is 6. The van der Waals surface area contributed by atoms with E-state index in [-0.39, 0.29) is 0 Å². The average Bonchev–Trinajstić information content (AvgIpc) is 2.29. The lowest BCUT2D eigenvalue weighted by molar-refractivity contribution is 0.311. The molecular weight excluding hydrogens is 202 g/mol. The topological polar surface area (TPSA) is 44.5 Å². The maximum Gasteiger partial charge on any atom is 0.161 e. The molecule has 0 heterocycles. The zero-order chi connectivity index (χ0) is 12.0. The third-order valence-corrected chi connectivity index (χ3v) is 2.32. The molecule has 0 saturated heterocycles. The van der Waals surface area contributed by atoms with Crippen LogP contribution in [0.4, 0.5) is 0 Å². The summed E-state index contributed by atoms with van der Waals surface area (Å²) in [5, 5.41) is 0. The van der Waals surface area contributed by atoms with Crippen LogP contribution in [0.25, 0.3) is 5.57 Å². The molecule has 3 heteroatoms. The Labute approximate surface area is 96.9 Å². The predicted molar refractivity (Wildman–Crippen MR) is 66.9 cm³/mol. The summed E-state index contributed by atoms with van der Waals surface area (Å²) in [5.41, 5.74) is 7.57. The number of hydrogen-bond acceptors (Lipinski definition) is 3. The van der Waals surface area contributed by atoms with Crippen LogP contribution in [0.3, 0.4) is 0 Å². The second-order valence-electron chi connectivity index (χ2n) is 3.44. The van der Waals surface area contributed by atoms with Crippen LogP contribution in [0.5, 0.6) is 11.5 Å². The summed E-state index contributed by atoms with van der Waals surface area (Å²) >= 11 is 0. The molecule has 0 saturated carbocycles. The van der Waals surface area contributed by atoms with Gasteiger partial charge < -0.3 is 15.2 Å². The molecule has 0 radical (unpaired) electrons. The van der Waals surface area contributed by atoms with Crippen LogP contribution in [0.15, 0.2) is 24.8 Å². The maximum absolute atomic E-state index is 5.50. The first kappa shape index (κ1) is 12.6. The highest BCUT2D eigenvalue weighted by Crippen LogP contribution is 2.30. The van der Waals surface area contributed by atoms with Gasteiger partial charge in [0, 0.05) is 0 Å². The Morgan fingerprint density at radius 2 is 2.12 bits per heavy atom. The van der Waals surface area contributed by atoms with E-state index in [1.807, 2.05) is 25.1 Å². The summed E-state index contributed by atoms with van der Waals surface area (Å²) in [4.78, 5) is 0. The monoisotopic (exact) mass is 221 g/mol. The average molecular weight is 221 g/mol. The van der Waals surface area contributed by atoms with E-state index >= 15 is 0 Å². The summed E-state index contributed by atoms with van der Waals surface area (Å²) in [6.45, 7) is 7.16. The van der Waals surface area contributed by atoms with E-state index in [9.17, 15) is 0 Å². The first-order valence-corrected chi connectivity index (χ1v) is 5.42. The van der Waals surface area contributed by atoms with Gasteiger partial charge in [-0.25, -0.2) is 0 Å². The van der Waals surface area contributed by atoms with Gasteiger partial charge in [0.1, 0.15) is 0 Å².